The van der Waals surface area contributed by atoms with Gasteiger partial charge < -0.3 is 15.8 Å². The molecule has 3 aromatic heterocycles. The Balaban J connectivity index is 1.67. The number of thiophene rings is 2. The van der Waals surface area contributed by atoms with Crippen molar-refractivity contribution >= 4 is 67.1 Å². The number of fused-ring (bicyclic) bond motifs is 1. The van der Waals surface area contributed by atoms with E-state index in [1.165, 1.54) is 0 Å². The summed E-state index contributed by atoms with van der Waals surface area (Å²) in [6.45, 7) is 3.56. The molecule has 0 bridgehead atoms. The molecule has 1 amide bonds. The number of nitrogens with one attached hydrogen (secondary N) is 1. The second kappa shape index (κ2) is 9.19. The zero-order valence-corrected chi connectivity index (χ0v) is 20.0. The molecule has 0 aliphatic carbocycles. The van der Waals surface area contributed by atoms with Crippen LogP contribution in [0.1, 0.15) is 37.4 Å². The molecule has 0 unspecified atom stereocenters. The predicted molar refractivity (Wildman–Crippen MR) is 132 cm³/mol. The first-order valence-corrected chi connectivity index (χ1v) is 11.8. The average molecular weight is 497 g/mol. The molecule has 7 nitrogen and oxygen atoms in total. The number of pyridine rings is 1. The van der Waals surface area contributed by atoms with E-state index >= 15 is 0 Å². The van der Waals surface area contributed by atoms with Crippen molar-refractivity contribution in [3.63, 3.8) is 0 Å². The van der Waals surface area contributed by atoms with E-state index in [0.717, 1.165) is 33.9 Å². The van der Waals surface area contributed by atoms with Gasteiger partial charge in [0.2, 0.25) is 0 Å². The summed E-state index contributed by atoms with van der Waals surface area (Å²) < 4.78 is 5.04. The minimum absolute atomic E-state index is 0.211. The van der Waals surface area contributed by atoms with Gasteiger partial charge in [0.1, 0.15) is 25.7 Å². The minimum Gasteiger partial charge on any atom is -0.462 e. The van der Waals surface area contributed by atoms with Crippen molar-refractivity contribution in [2.45, 2.75) is 13.8 Å². The second-order valence-electron chi connectivity index (χ2n) is 6.95. The molecule has 0 fully saturated rings. The number of halogens is 1. The second-order valence-corrected chi connectivity index (χ2v) is 9.40. The molecule has 3 N–H and O–H groups in total. The van der Waals surface area contributed by atoms with Gasteiger partial charge in [0.15, 0.2) is 0 Å². The van der Waals surface area contributed by atoms with Crippen LogP contribution in [0.4, 0.5) is 10.7 Å². The number of aromatic nitrogens is 1. The van der Waals surface area contributed by atoms with Crippen LogP contribution >= 0.6 is 34.3 Å². The number of hydrogen-bond donors (Lipinski definition) is 2. The van der Waals surface area contributed by atoms with E-state index in [1.54, 1.807) is 26.0 Å². The number of nitrogen functional groups attached to an aromatic ring is 1. The van der Waals surface area contributed by atoms with Gasteiger partial charge in [-0.3, -0.25) is 4.79 Å². The summed E-state index contributed by atoms with van der Waals surface area (Å²) in [5.41, 5.74) is 8.86. The van der Waals surface area contributed by atoms with Gasteiger partial charge in [0.05, 0.1) is 23.6 Å². The topological polar surface area (TPSA) is 118 Å². The van der Waals surface area contributed by atoms with E-state index in [1.807, 2.05) is 30.3 Å². The molecule has 3 heterocycles. The highest BCUT2D eigenvalue weighted by atomic mass is 35.5. The first-order chi connectivity index (χ1) is 15.8. The van der Waals surface area contributed by atoms with Crippen molar-refractivity contribution < 1.29 is 14.3 Å². The molecule has 0 atom stereocenters. The molecule has 0 saturated carbocycles. The number of carbonyl (C=O) groups is 2. The zero-order chi connectivity index (χ0) is 23.7. The average Bonchev–Trinajstić information content (AvgIpc) is 3.30. The molecule has 0 aliphatic heterocycles. The summed E-state index contributed by atoms with van der Waals surface area (Å²) in [4.78, 5) is 31.0. The molecule has 1 aromatic carbocycles. The van der Waals surface area contributed by atoms with E-state index in [9.17, 15) is 14.9 Å². The van der Waals surface area contributed by atoms with Crippen LogP contribution in [0.3, 0.4) is 0 Å². The van der Waals surface area contributed by atoms with Gasteiger partial charge in [-0.15, -0.1) is 22.7 Å². The number of benzene rings is 1. The lowest BCUT2D eigenvalue weighted by Crippen LogP contribution is -2.11. The van der Waals surface area contributed by atoms with Gasteiger partial charge in [-0.25, -0.2) is 9.78 Å². The number of amides is 1. The number of esters is 1. The van der Waals surface area contributed by atoms with E-state index in [4.69, 9.17) is 22.1 Å². The molecule has 0 saturated heterocycles. The fourth-order valence-corrected chi connectivity index (χ4v) is 5.40. The Kier molecular flexibility index (Phi) is 6.33. The standard InChI is InChI=1S/C23H17ClN4O3S2/c1-3-31-23(30)18-11(2)15(10-25)22(32-18)28-20(29)19-17(26)14-8-9-16(27-21(14)33-19)12-4-6-13(24)7-5-12/h4-9H,3,26H2,1-2H3,(H,28,29). The third-order valence-electron chi connectivity index (χ3n) is 4.89. The van der Waals surface area contributed by atoms with Crippen LogP contribution in [0.15, 0.2) is 36.4 Å². The van der Waals surface area contributed by atoms with Gasteiger partial charge >= 0.3 is 5.97 Å². The molecule has 10 heteroatoms. The Hall–Kier alpha value is -3.45. The lowest BCUT2D eigenvalue weighted by atomic mass is 10.1. The summed E-state index contributed by atoms with van der Waals surface area (Å²) in [5, 5.41) is 13.8. The van der Waals surface area contributed by atoms with Crippen molar-refractivity contribution in [1.29, 1.82) is 5.26 Å². The molecule has 4 aromatic rings. The Morgan fingerprint density at radius 2 is 1.91 bits per heavy atom. The number of nitriles is 1. The van der Waals surface area contributed by atoms with Crippen molar-refractivity contribution in [3.05, 3.63) is 62.3 Å². The third-order valence-corrected chi connectivity index (χ3v) is 7.44. The Bertz CT molecular complexity index is 1430. The smallest absolute Gasteiger partial charge is 0.348 e. The molecule has 0 radical (unpaired) electrons. The van der Waals surface area contributed by atoms with E-state index in [2.05, 4.69) is 10.3 Å². The van der Waals surface area contributed by atoms with E-state index < -0.39 is 11.9 Å². The predicted octanol–water partition coefficient (Wildman–Crippen LogP) is 5.87. The van der Waals surface area contributed by atoms with Crippen LogP contribution in [0.25, 0.3) is 21.5 Å². The van der Waals surface area contributed by atoms with Crippen molar-refractivity contribution in [2.75, 3.05) is 17.7 Å². The van der Waals surface area contributed by atoms with E-state index in [-0.39, 0.29) is 26.9 Å². The van der Waals surface area contributed by atoms with Gasteiger partial charge in [-0.1, -0.05) is 23.7 Å². The molecule has 33 heavy (non-hydrogen) atoms. The molecule has 0 spiro atoms. The number of rotatable bonds is 5. The molecular weight excluding hydrogens is 480 g/mol. The van der Waals surface area contributed by atoms with Gasteiger partial charge in [0.25, 0.3) is 5.91 Å². The first kappa shape index (κ1) is 22.7. The number of nitrogens with zero attached hydrogens (tertiary/aromatic N) is 2. The molecule has 166 valence electrons. The fraction of sp³-hybridized carbons (Fsp3) is 0.130. The Morgan fingerprint density at radius 1 is 1.18 bits per heavy atom. The lowest BCUT2D eigenvalue weighted by Gasteiger charge is -2.02. The quantitative estimate of drug-likeness (QED) is 0.333. The summed E-state index contributed by atoms with van der Waals surface area (Å²) in [7, 11) is 0. The van der Waals surface area contributed by atoms with Crippen LogP contribution in [0.2, 0.25) is 5.02 Å². The molecule has 0 aliphatic rings. The molecule has 4 rings (SSSR count). The summed E-state index contributed by atoms with van der Waals surface area (Å²) in [6, 6.07) is 13.0. The van der Waals surface area contributed by atoms with Crippen molar-refractivity contribution in [2.24, 2.45) is 0 Å². The maximum atomic E-state index is 13.0. The highest BCUT2D eigenvalue weighted by molar-refractivity contribution is 7.21. The first-order valence-electron chi connectivity index (χ1n) is 9.81. The molecular formula is C23H17ClN4O3S2. The highest BCUT2D eigenvalue weighted by Crippen LogP contribution is 2.37. The summed E-state index contributed by atoms with van der Waals surface area (Å²) in [6.07, 6.45) is 0. The largest absolute Gasteiger partial charge is 0.462 e. The number of hydrogen-bond acceptors (Lipinski definition) is 8. The van der Waals surface area contributed by atoms with Crippen LogP contribution in [0, 0.1) is 18.3 Å². The van der Waals surface area contributed by atoms with Crippen LogP contribution in [0.5, 0.6) is 0 Å². The van der Waals surface area contributed by atoms with Crippen molar-refractivity contribution in [3.8, 4) is 17.3 Å². The maximum Gasteiger partial charge on any atom is 0.348 e. The number of ether oxygens (including phenoxy) is 1. The van der Waals surface area contributed by atoms with Gasteiger partial charge in [0, 0.05) is 16.0 Å². The number of carbonyl (C=O) groups excluding carboxylic acids is 2. The SMILES string of the molecule is CCOC(=O)c1sc(NC(=O)c2sc3nc(-c4ccc(Cl)cc4)ccc3c2N)c(C#N)c1C. The van der Waals surface area contributed by atoms with Crippen LogP contribution < -0.4 is 11.1 Å². The zero-order valence-electron chi connectivity index (χ0n) is 17.6. The summed E-state index contributed by atoms with van der Waals surface area (Å²) >= 11 is 8.12. The van der Waals surface area contributed by atoms with Gasteiger partial charge in [-0.05, 0) is 43.7 Å². The van der Waals surface area contributed by atoms with Gasteiger partial charge in [-0.2, -0.15) is 5.26 Å². The van der Waals surface area contributed by atoms with Crippen molar-refractivity contribution in [1.82, 2.24) is 4.98 Å². The summed E-state index contributed by atoms with van der Waals surface area (Å²) in [5.74, 6) is -1.01. The normalized spacial score (nSPS) is 10.7. The van der Waals surface area contributed by atoms with Crippen LogP contribution in [-0.4, -0.2) is 23.5 Å². The Labute approximate surface area is 202 Å². The fourth-order valence-electron chi connectivity index (χ4n) is 3.23. The number of anilines is 2. The third kappa shape index (κ3) is 4.28. The van der Waals surface area contributed by atoms with Crippen LogP contribution in [-0.2, 0) is 4.74 Å². The lowest BCUT2D eigenvalue weighted by molar-refractivity contribution is 0.0531. The van der Waals surface area contributed by atoms with E-state index in [0.29, 0.717) is 26.5 Å². The number of nitrogens with two attached hydrogens (primary N) is 1. The maximum absolute atomic E-state index is 13.0. The highest BCUT2D eigenvalue weighted by Gasteiger charge is 2.24. The Morgan fingerprint density at radius 3 is 2.58 bits per heavy atom. The monoisotopic (exact) mass is 496 g/mol. The minimum atomic E-state index is -0.530.